The number of halogens is 1. The molecule has 0 heterocycles. The van der Waals surface area contributed by atoms with Crippen LogP contribution >= 0.6 is 11.6 Å². The van der Waals surface area contributed by atoms with E-state index in [1.165, 1.54) is 22.5 Å². The molecule has 0 aliphatic carbocycles. The standard InChI is InChI=1S/C13H17ClN2O2S/c1-4-16(9-10(2)3)19(17,18)13-7-11(8-15)5-6-12(13)14/h5-7,10H,4,9H2,1-3H3. The third kappa shape index (κ3) is 3.69. The lowest BCUT2D eigenvalue weighted by molar-refractivity contribution is 0.381. The van der Waals surface area contributed by atoms with Crippen molar-refractivity contribution in [1.82, 2.24) is 4.31 Å². The second-order valence-corrected chi connectivity index (χ2v) is 6.92. The van der Waals surface area contributed by atoms with Gasteiger partial charge in [-0.25, -0.2) is 8.42 Å². The van der Waals surface area contributed by atoms with E-state index in [2.05, 4.69) is 0 Å². The minimum Gasteiger partial charge on any atom is -0.207 e. The summed E-state index contributed by atoms with van der Waals surface area (Å²) < 4.78 is 26.4. The van der Waals surface area contributed by atoms with Gasteiger partial charge in [-0.1, -0.05) is 32.4 Å². The largest absolute Gasteiger partial charge is 0.244 e. The van der Waals surface area contributed by atoms with Gasteiger partial charge in [0, 0.05) is 13.1 Å². The summed E-state index contributed by atoms with van der Waals surface area (Å²) in [6, 6.07) is 6.18. The Hall–Kier alpha value is -1.09. The number of rotatable bonds is 5. The molecule has 0 amide bonds. The number of hydrogen-bond acceptors (Lipinski definition) is 3. The number of hydrogen-bond donors (Lipinski definition) is 0. The second-order valence-electron chi connectivity index (χ2n) is 4.61. The maximum absolute atomic E-state index is 12.5. The maximum Gasteiger partial charge on any atom is 0.244 e. The normalized spacial score (nSPS) is 11.8. The van der Waals surface area contributed by atoms with Crippen LogP contribution in [-0.2, 0) is 10.0 Å². The fourth-order valence-electron chi connectivity index (χ4n) is 1.71. The smallest absolute Gasteiger partial charge is 0.207 e. The number of nitrogens with zero attached hydrogens (tertiary/aromatic N) is 2. The predicted octanol–water partition coefficient (Wildman–Crippen LogP) is 2.88. The van der Waals surface area contributed by atoms with Crippen molar-refractivity contribution in [3.8, 4) is 6.07 Å². The van der Waals surface area contributed by atoms with Gasteiger partial charge >= 0.3 is 0 Å². The highest BCUT2D eigenvalue weighted by molar-refractivity contribution is 7.89. The average Bonchev–Trinajstić information content (AvgIpc) is 2.35. The van der Waals surface area contributed by atoms with Crippen LogP contribution in [0, 0.1) is 17.2 Å². The molecule has 1 aromatic carbocycles. The quantitative estimate of drug-likeness (QED) is 0.840. The van der Waals surface area contributed by atoms with Crippen molar-refractivity contribution in [1.29, 1.82) is 5.26 Å². The molecule has 1 rings (SSSR count). The van der Waals surface area contributed by atoms with E-state index >= 15 is 0 Å². The lowest BCUT2D eigenvalue weighted by atomic mass is 10.2. The molecule has 0 N–H and O–H groups in total. The van der Waals surface area contributed by atoms with Crippen molar-refractivity contribution < 1.29 is 8.42 Å². The molecule has 0 fully saturated rings. The van der Waals surface area contributed by atoms with Crippen molar-refractivity contribution in [3.05, 3.63) is 28.8 Å². The molecule has 0 saturated heterocycles. The summed E-state index contributed by atoms with van der Waals surface area (Å²) in [7, 11) is -3.66. The fraction of sp³-hybridized carbons (Fsp3) is 0.462. The van der Waals surface area contributed by atoms with Crippen LogP contribution in [-0.4, -0.2) is 25.8 Å². The van der Waals surface area contributed by atoms with Crippen molar-refractivity contribution in [2.45, 2.75) is 25.7 Å². The van der Waals surface area contributed by atoms with E-state index in [4.69, 9.17) is 16.9 Å². The van der Waals surface area contributed by atoms with E-state index in [1.807, 2.05) is 19.9 Å². The summed E-state index contributed by atoms with van der Waals surface area (Å²) in [5.41, 5.74) is 0.281. The molecule has 6 heteroatoms. The van der Waals surface area contributed by atoms with Crippen LogP contribution in [0.3, 0.4) is 0 Å². The summed E-state index contributed by atoms with van der Waals surface area (Å²) in [4.78, 5) is -0.00397. The zero-order chi connectivity index (χ0) is 14.6. The topological polar surface area (TPSA) is 61.2 Å². The fourth-order valence-corrected chi connectivity index (χ4v) is 3.83. The highest BCUT2D eigenvalue weighted by Gasteiger charge is 2.26. The van der Waals surface area contributed by atoms with Crippen LogP contribution in [0.25, 0.3) is 0 Å². The Balaban J connectivity index is 3.29. The molecule has 0 atom stereocenters. The molecule has 0 bridgehead atoms. The van der Waals surface area contributed by atoms with Crippen molar-refractivity contribution in [2.24, 2.45) is 5.92 Å². The van der Waals surface area contributed by atoms with Crippen LogP contribution < -0.4 is 0 Å². The van der Waals surface area contributed by atoms with E-state index in [0.29, 0.717) is 13.1 Å². The Kier molecular flexibility index (Phi) is 5.36. The molecular formula is C13H17ClN2O2S. The van der Waals surface area contributed by atoms with Gasteiger partial charge < -0.3 is 0 Å². The van der Waals surface area contributed by atoms with Crippen molar-refractivity contribution >= 4 is 21.6 Å². The molecule has 4 nitrogen and oxygen atoms in total. The van der Waals surface area contributed by atoms with Gasteiger partial charge in [0.25, 0.3) is 0 Å². The first-order chi connectivity index (χ1) is 8.82. The van der Waals surface area contributed by atoms with E-state index < -0.39 is 10.0 Å². The highest BCUT2D eigenvalue weighted by Crippen LogP contribution is 2.26. The summed E-state index contributed by atoms with van der Waals surface area (Å²) in [6.07, 6.45) is 0. The number of sulfonamides is 1. The first-order valence-corrected chi connectivity index (χ1v) is 7.84. The van der Waals surface area contributed by atoms with E-state index in [0.717, 1.165) is 0 Å². The Bertz CT molecular complexity index is 591. The van der Waals surface area contributed by atoms with Crippen LogP contribution in [0.2, 0.25) is 5.02 Å². The second kappa shape index (κ2) is 6.38. The predicted molar refractivity (Wildman–Crippen MR) is 75.4 cm³/mol. The summed E-state index contributed by atoms with van der Waals surface area (Å²) in [5.74, 6) is 0.215. The molecule has 1 aromatic rings. The average molecular weight is 301 g/mol. The van der Waals surface area contributed by atoms with Crippen LogP contribution in [0.15, 0.2) is 23.1 Å². The molecule has 0 saturated carbocycles. The molecule has 0 radical (unpaired) electrons. The maximum atomic E-state index is 12.5. The van der Waals surface area contributed by atoms with E-state index in [9.17, 15) is 8.42 Å². The minimum absolute atomic E-state index is 0.00397. The summed E-state index contributed by atoms with van der Waals surface area (Å²) >= 11 is 5.96. The third-order valence-electron chi connectivity index (χ3n) is 2.60. The Morgan fingerprint density at radius 3 is 2.53 bits per heavy atom. The Labute approximate surface area is 119 Å². The molecule has 0 aliphatic rings. The molecular weight excluding hydrogens is 284 g/mol. The number of benzene rings is 1. The zero-order valence-corrected chi connectivity index (χ0v) is 12.8. The molecule has 19 heavy (non-hydrogen) atoms. The Morgan fingerprint density at radius 2 is 2.05 bits per heavy atom. The first-order valence-electron chi connectivity index (χ1n) is 6.02. The van der Waals surface area contributed by atoms with Gasteiger partial charge in [0.15, 0.2) is 0 Å². The third-order valence-corrected chi connectivity index (χ3v) is 5.02. The van der Waals surface area contributed by atoms with Gasteiger partial charge in [0.1, 0.15) is 4.90 Å². The lowest BCUT2D eigenvalue weighted by Gasteiger charge is -2.23. The molecule has 0 unspecified atom stereocenters. The van der Waals surface area contributed by atoms with Crippen LogP contribution in [0.5, 0.6) is 0 Å². The van der Waals surface area contributed by atoms with Crippen molar-refractivity contribution in [3.63, 3.8) is 0 Å². The van der Waals surface area contributed by atoms with Gasteiger partial charge in [0.2, 0.25) is 10.0 Å². The van der Waals surface area contributed by atoms with E-state index in [-0.39, 0.29) is 21.4 Å². The van der Waals surface area contributed by atoms with Crippen molar-refractivity contribution in [2.75, 3.05) is 13.1 Å². The summed E-state index contributed by atoms with van der Waals surface area (Å²) in [6.45, 7) is 6.47. The number of nitriles is 1. The van der Waals surface area contributed by atoms with Crippen LogP contribution in [0.1, 0.15) is 26.3 Å². The first kappa shape index (κ1) is 16.0. The van der Waals surface area contributed by atoms with Crippen LogP contribution in [0.4, 0.5) is 0 Å². The van der Waals surface area contributed by atoms with Gasteiger partial charge in [-0.3, -0.25) is 0 Å². The summed E-state index contributed by atoms with van der Waals surface area (Å²) in [5, 5.41) is 9.00. The molecule has 0 spiro atoms. The SMILES string of the molecule is CCN(CC(C)C)S(=O)(=O)c1cc(C#N)ccc1Cl. The van der Waals surface area contributed by atoms with Gasteiger partial charge in [0.05, 0.1) is 16.7 Å². The van der Waals surface area contributed by atoms with E-state index in [1.54, 1.807) is 6.92 Å². The molecule has 0 aromatic heterocycles. The minimum atomic E-state index is -3.66. The van der Waals surface area contributed by atoms with Gasteiger partial charge in [-0.15, -0.1) is 0 Å². The zero-order valence-electron chi connectivity index (χ0n) is 11.2. The Morgan fingerprint density at radius 1 is 1.42 bits per heavy atom. The monoisotopic (exact) mass is 300 g/mol. The lowest BCUT2D eigenvalue weighted by Crippen LogP contribution is -2.34. The van der Waals surface area contributed by atoms with Gasteiger partial charge in [-0.2, -0.15) is 9.57 Å². The highest BCUT2D eigenvalue weighted by atomic mass is 35.5. The van der Waals surface area contributed by atoms with Gasteiger partial charge in [-0.05, 0) is 24.1 Å². The molecule has 104 valence electrons. The molecule has 0 aliphatic heterocycles.